The molecule has 3 heterocycles. The third kappa shape index (κ3) is 17.3. The minimum atomic E-state index is -1.61. The van der Waals surface area contributed by atoms with Gasteiger partial charge in [0.05, 0.1) is 12.1 Å². The van der Waals surface area contributed by atoms with Crippen LogP contribution in [0.1, 0.15) is 55.9 Å². The van der Waals surface area contributed by atoms with Crippen molar-refractivity contribution in [3.05, 3.63) is 144 Å². The van der Waals surface area contributed by atoms with Gasteiger partial charge in [-0.15, -0.1) is 0 Å². The Labute approximate surface area is 487 Å². The number of nitrogens with zero attached hydrogens (tertiary/aromatic N) is 1. The van der Waals surface area contributed by atoms with E-state index in [0.29, 0.717) is 16.7 Å². The zero-order valence-corrected chi connectivity index (χ0v) is 47.8. The summed E-state index contributed by atoms with van der Waals surface area (Å²) in [6.45, 7) is 4.50. The number of aromatic nitrogens is 2. The lowest BCUT2D eigenvalue weighted by Crippen LogP contribution is -2.64. The van der Waals surface area contributed by atoms with Crippen LogP contribution >= 0.6 is 21.6 Å². The second-order valence-electron chi connectivity index (χ2n) is 20.9. The van der Waals surface area contributed by atoms with Crippen molar-refractivity contribution in [3.63, 3.8) is 0 Å². The molecule has 0 saturated carbocycles. The summed E-state index contributed by atoms with van der Waals surface area (Å²) in [5.41, 5.74) is 27.5. The molecule has 0 unspecified atom stereocenters. The molecule has 4 aromatic carbocycles. The molecule has 8 amide bonds. The number of para-hydroxylation sites is 2. The van der Waals surface area contributed by atoms with Crippen LogP contribution in [-0.4, -0.2) is 140 Å². The first kappa shape index (κ1) is 62.2. The maximum Gasteiger partial charge on any atom is 0.244 e. The fourth-order valence-corrected chi connectivity index (χ4v) is 12.4. The lowest BCUT2D eigenvalue weighted by Gasteiger charge is -2.35. The quantitative estimate of drug-likeness (QED) is 0.0244. The van der Waals surface area contributed by atoms with E-state index in [4.69, 9.17) is 22.9 Å². The number of aromatic amines is 2. The van der Waals surface area contributed by atoms with Crippen LogP contribution in [0.2, 0.25) is 0 Å². The number of guanidine groups is 1. The van der Waals surface area contributed by atoms with E-state index in [2.05, 4.69) is 52.2 Å². The molecule has 0 aliphatic carbocycles. The van der Waals surface area contributed by atoms with Crippen LogP contribution in [-0.2, 0) is 64.0 Å². The summed E-state index contributed by atoms with van der Waals surface area (Å²) in [5.74, 6) is -7.22. The molecule has 7 rings (SSSR count). The molecule has 9 atom stereocenters. The summed E-state index contributed by atoms with van der Waals surface area (Å²) < 4.78 is -1.40. The first-order chi connectivity index (χ1) is 39.7. The van der Waals surface area contributed by atoms with Crippen molar-refractivity contribution in [2.45, 2.75) is 118 Å². The predicted molar refractivity (Wildman–Crippen MR) is 321 cm³/mol. The lowest BCUT2D eigenvalue weighted by molar-refractivity contribution is -0.136. The Bertz CT molecular complexity index is 3280. The van der Waals surface area contributed by atoms with Crippen molar-refractivity contribution in [3.8, 4) is 0 Å². The second-order valence-corrected chi connectivity index (χ2v) is 23.9. The molecule has 1 aliphatic rings. The van der Waals surface area contributed by atoms with Gasteiger partial charge in [0, 0.05) is 70.5 Å². The summed E-state index contributed by atoms with van der Waals surface area (Å²) in [6.07, 6.45) is 1.74. The Balaban J connectivity index is 1.34. The van der Waals surface area contributed by atoms with Crippen LogP contribution in [0.3, 0.4) is 0 Å². The minimum absolute atomic E-state index is 0.0400. The summed E-state index contributed by atoms with van der Waals surface area (Å²) in [5, 5.41) is 31.5. The number of aliphatic hydroxyl groups excluding tert-OH is 1. The van der Waals surface area contributed by atoms with Gasteiger partial charge in [0.2, 0.25) is 47.3 Å². The van der Waals surface area contributed by atoms with Crippen LogP contribution in [0.4, 0.5) is 0 Å². The average Bonchev–Trinajstić information content (AvgIpc) is 4.34. The number of carbonyl (C=O) groups is 8. The molecule has 18 N–H and O–H groups in total. The molecular weight excluding hydrogens is 1100 g/mol. The Morgan fingerprint density at radius 3 is 1.69 bits per heavy atom. The number of aliphatic hydroxyl groups is 1. The maximum atomic E-state index is 15.1. The van der Waals surface area contributed by atoms with Crippen molar-refractivity contribution >= 4 is 96.6 Å². The van der Waals surface area contributed by atoms with E-state index in [9.17, 15) is 24.3 Å². The molecule has 2 aromatic heterocycles. The van der Waals surface area contributed by atoms with Gasteiger partial charge in [0.15, 0.2) is 5.96 Å². The van der Waals surface area contributed by atoms with Crippen LogP contribution in [0.15, 0.2) is 127 Å². The van der Waals surface area contributed by atoms with Crippen LogP contribution in [0, 0.1) is 0 Å². The number of nitrogens with two attached hydrogens (primary N) is 4. The second kappa shape index (κ2) is 29.0. The van der Waals surface area contributed by atoms with Crippen LogP contribution in [0.25, 0.3) is 21.8 Å². The molecule has 83 heavy (non-hydrogen) atoms. The van der Waals surface area contributed by atoms with Crippen molar-refractivity contribution in [1.82, 2.24) is 47.2 Å². The molecule has 1 saturated heterocycles. The van der Waals surface area contributed by atoms with E-state index in [1.807, 2.05) is 48.5 Å². The summed E-state index contributed by atoms with van der Waals surface area (Å²) >= 11 is 0. The Morgan fingerprint density at radius 1 is 0.663 bits per heavy atom. The van der Waals surface area contributed by atoms with E-state index in [1.54, 1.807) is 86.9 Å². The topological polar surface area (TPSA) is 389 Å². The fourth-order valence-electron chi connectivity index (χ4n) is 9.57. The molecule has 25 heteroatoms. The zero-order chi connectivity index (χ0) is 59.8. The number of H-pyrrole nitrogens is 2. The van der Waals surface area contributed by atoms with Crippen LogP contribution < -0.4 is 60.2 Å². The molecule has 1 aliphatic heterocycles. The monoisotopic (exact) mass is 1170 g/mol. The summed E-state index contributed by atoms with van der Waals surface area (Å²) in [4.78, 5) is 127. The highest BCUT2D eigenvalue weighted by Crippen LogP contribution is 2.39. The van der Waals surface area contributed by atoms with Gasteiger partial charge in [-0.1, -0.05) is 119 Å². The average molecular weight is 1170 g/mol. The number of primary amides is 1. The highest BCUT2D eigenvalue weighted by atomic mass is 33.1. The molecule has 440 valence electrons. The first-order valence-corrected chi connectivity index (χ1v) is 29.4. The third-order valence-corrected chi connectivity index (χ3v) is 17.4. The van der Waals surface area contributed by atoms with E-state index < -0.39 is 106 Å². The summed E-state index contributed by atoms with van der Waals surface area (Å²) in [6, 6.07) is 21.1. The van der Waals surface area contributed by atoms with Crippen molar-refractivity contribution in [2.75, 3.05) is 12.3 Å². The summed E-state index contributed by atoms with van der Waals surface area (Å²) in [7, 11) is 2.07. The number of nitrogens with one attached hydrogen (secondary N) is 9. The standard InChI is InChI=1S/C58H72N14O9S2/c1-32(73)47(49(60)74)71-56(81)48-58(2,3)83-82-31-46(70-50(75)39(59)25-33-15-6-4-7-16-33)55(80)67-43(26-34-17-8-5-9-18-34)52(77)69-44(27-35-29-64-40-21-12-10-19-37(35)40)53(78)66-42(23-14-24-63-57(61)62)51(76)68-45(54(79)72-48)28-36-30-65-41-22-13-11-20-38(36)41/h4-13,15-22,29-30,32,39,42-48,64-65,73H,14,23-28,31,59H2,1-3H3,(H2,60,74)(H,66,78)(H,67,80)(H,68,76)(H,69,77)(H,70,75)(H,71,81)(H,72,79)(H4,61,62,63)/t32-,39-,42+,43+,44-,45+,46+,47+,48+/m1/s1. The van der Waals surface area contributed by atoms with Gasteiger partial charge in [-0.25, -0.2) is 0 Å². The normalized spacial score (nSPS) is 21.4. The van der Waals surface area contributed by atoms with Crippen molar-refractivity contribution < 1.29 is 43.5 Å². The number of benzene rings is 4. The van der Waals surface area contributed by atoms with Gasteiger partial charge in [-0.05, 0) is 74.4 Å². The molecule has 0 bridgehead atoms. The van der Waals surface area contributed by atoms with Crippen molar-refractivity contribution in [2.24, 2.45) is 27.9 Å². The largest absolute Gasteiger partial charge is 0.391 e. The Hall–Kier alpha value is -8.39. The highest BCUT2D eigenvalue weighted by molar-refractivity contribution is 8.77. The number of carbonyl (C=O) groups excluding carboxylic acids is 8. The fraction of sp³-hybridized carbons (Fsp3) is 0.362. The Kier molecular flexibility index (Phi) is 21.8. The smallest absolute Gasteiger partial charge is 0.244 e. The number of hydrogen-bond donors (Lipinski definition) is 14. The molecular formula is C58H72N14O9S2. The van der Waals surface area contributed by atoms with Gasteiger partial charge >= 0.3 is 0 Å². The van der Waals surface area contributed by atoms with E-state index in [0.717, 1.165) is 49.0 Å². The molecule has 23 nitrogen and oxygen atoms in total. The van der Waals surface area contributed by atoms with Gasteiger partial charge in [-0.3, -0.25) is 43.3 Å². The van der Waals surface area contributed by atoms with Gasteiger partial charge in [-0.2, -0.15) is 0 Å². The van der Waals surface area contributed by atoms with E-state index >= 15 is 19.2 Å². The maximum absolute atomic E-state index is 15.1. The van der Waals surface area contributed by atoms with E-state index in [1.165, 1.54) is 6.92 Å². The molecule has 1 fully saturated rings. The lowest BCUT2D eigenvalue weighted by atomic mass is 9.98. The molecule has 6 aromatic rings. The van der Waals surface area contributed by atoms with Crippen LogP contribution in [0.5, 0.6) is 0 Å². The SMILES string of the molecule is C[C@@H](O)[C@H](NC(=O)[C@@H]1NC(=O)[C@H](Cc2c[nH]c3ccccc23)NC(=O)[C@H](CCCN=C(N)N)NC(=O)[C@@H](Cc2c[nH]c3ccccc23)NC(=O)[C@H](Cc2ccccc2)NC(=O)[C@@H](NC(=O)[C@H](N)Cc2ccccc2)CSSC1(C)C)C(N)=O. The number of fused-ring (bicyclic) bond motifs is 2. The third-order valence-electron chi connectivity index (χ3n) is 14.1. The first-order valence-electron chi connectivity index (χ1n) is 27.1. The molecule has 0 radical (unpaired) electrons. The number of rotatable bonds is 18. The highest BCUT2D eigenvalue weighted by Gasteiger charge is 2.42. The van der Waals surface area contributed by atoms with Gasteiger partial charge in [0.1, 0.15) is 42.3 Å². The predicted octanol–water partition coefficient (Wildman–Crippen LogP) is 0.734. The zero-order valence-electron chi connectivity index (χ0n) is 46.2. The number of amides is 8. The van der Waals surface area contributed by atoms with Gasteiger partial charge in [0.25, 0.3) is 0 Å². The minimum Gasteiger partial charge on any atom is -0.391 e. The number of hydrogen-bond acceptors (Lipinski definition) is 13. The van der Waals surface area contributed by atoms with E-state index in [-0.39, 0.29) is 56.8 Å². The number of aliphatic imine (C=N–C) groups is 1. The van der Waals surface area contributed by atoms with Crippen molar-refractivity contribution in [1.29, 1.82) is 0 Å². The Morgan fingerprint density at radius 2 is 1.14 bits per heavy atom. The van der Waals surface area contributed by atoms with Gasteiger partial charge < -0.3 is 75.2 Å². The molecule has 0 spiro atoms.